The van der Waals surface area contributed by atoms with E-state index in [1.54, 1.807) is 18.8 Å². The van der Waals surface area contributed by atoms with E-state index in [2.05, 4.69) is 5.16 Å². The van der Waals surface area contributed by atoms with Crippen LogP contribution in [0.2, 0.25) is 0 Å². The minimum atomic E-state index is -0.873. The van der Waals surface area contributed by atoms with Crippen molar-refractivity contribution in [2.24, 2.45) is 5.16 Å². The van der Waals surface area contributed by atoms with Gasteiger partial charge in [0.1, 0.15) is 0 Å². The summed E-state index contributed by atoms with van der Waals surface area (Å²) in [7, 11) is 1.57. The summed E-state index contributed by atoms with van der Waals surface area (Å²) in [4.78, 5) is 28.1. The number of carbonyl (C=O) groups is 2. The standard InChI is InChI=1S/C17H25N3O4S2/c1-4-15(12-16(21)22)20(13-14-8-6-5-7-9-14)26-19(2)17(23)24-18-10-11-25-3/h5-10,15H,4,11-13H2,1-3H3,(H,21,22). The molecule has 0 aliphatic heterocycles. The second kappa shape index (κ2) is 12.6. The minimum absolute atomic E-state index is 0.00883. The molecule has 1 amide bonds. The van der Waals surface area contributed by atoms with E-state index < -0.39 is 12.1 Å². The lowest BCUT2D eigenvalue weighted by atomic mass is 10.1. The lowest BCUT2D eigenvalue weighted by Crippen LogP contribution is -2.35. The SMILES string of the molecule is CCC(CC(=O)O)N(Cc1ccccc1)SN(C)C(=O)ON=CCSC. The molecule has 1 unspecified atom stereocenters. The first-order chi connectivity index (χ1) is 12.5. The molecule has 0 aliphatic rings. The predicted octanol–water partition coefficient (Wildman–Crippen LogP) is 3.72. The van der Waals surface area contributed by atoms with E-state index in [1.165, 1.54) is 10.5 Å². The number of rotatable bonds is 11. The molecule has 1 atom stereocenters. The van der Waals surface area contributed by atoms with Crippen molar-refractivity contribution in [3.63, 3.8) is 0 Å². The Morgan fingerprint density at radius 1 is 1.35 bits per heavy atom. The predicted molar refractivity (Wildman–Crippen MR) is 107 cm³/mol. The largest absolute Gasteiger partial charge is 0.481 e. The molecule has 1 aromatic carbocycles. The third-order valence-electron chi connectivity index (χ3n) is 3.40. The van der Waals surface area contributed by atoms with E-state index >= 15 is 0 Å². The van der Waals surface area contributed by atoms with Gasteiger partial charge in [-0.15, -0.1) is 0 Å². The molecule has 144 valence electrons. The van der Waals surface area contributed by atoms with Crippen molar-refractivity contribution in [3.05, 3.63) is 35.9 Å². The maximum atomic E-state index is 12.0. The Morgan fingerprint density at radius 2 is 2.04 bits per heavy atom. The van der Waals surface area contributed by atoms with Crippen molar-refractivity contribution >= 4 is 42.2 Å². The Balaban J connectivity index is 2.79. The molecule has 0 saturated carbocycles. The molecule has 0 spiro atoms. The Morgan fingerprint density at radius 3 is 2.62 bits per heavy atom. The molecule has 7 nitrogen and oxygen atoms in total. The number of amides is 1. The highest BCUT2D eigenvalue weighted by Gasteiger charge is 2.25. The van der Waals surface area contributed by atoms with Crippen molar-refractivity contribution in [1.29, 1.82) is 0 Å². The van der Waals surface area contributed by atoms with Crippen LogP contribution >= 0.6 is 23.9 Å². The lowest BCUT2D eigenvalue weighted by Gasteiger charge is -2.31. The maximum Gasteiger partial charge on any atom is 0.446 e. The molecule has 1 aromatic rings. The van der Waals surface area contributed by atoms with Gasteiger partial charge in [0.25, 0.3) is 0 Å². The van der Waals surface area contributed by atoms with Gasteiger partial charge in [0.05, 0.1) is 12.6 Å². The summed E-state index contributed by atoms with van der Waals surface area (Å²) >= 11 is 2.70. The van der Waals surface area contributed by atoms with Crippen LogP contribution in [0.25, 0.3) is 0 Å². The molecule has 0 fully saturated rings. The van der Waals surface area contributed by atoms with Gasteiger partial charge in [0.15, 0.2) is 0 Å². The van der Waals surface area contributed by atoms with E-state index in [9.17, 15) is 14.7 Å². The summed E-state index contributed by atoms with van der Waals surface area (Å²) in [5.74, 6) is -0.219. The van der Waals surface area contributed by atoms with Crippen LogP contribution in [0, 0.1) is 0 Å². The summed E-state index contributed by atoms with van der Waals surface area (Å²) in [5.41, 5.74) is 1.03. The fraction of sp³-hybridized carbons (Fsp3) is 0.471. The molecule has 0 aromatic heterocycles. The quantitative estimate of drug-likeness (QED) is 0.263. The van der Waals surface area contributed by atoms with Gasteiger partial charge in [-0.05, 0) is 18.2 Å². The van der Waals surface area contributed by atoms with Gasteiger partial charge in [-0.25, -0.2) is 13.4 Å². The molecule has 0 heterocycles. The zero-order valence-electron chi connectivity index (χ0n) is 15.2. The Kier molecular flexibility index (Phi) is 10.8. The third-order valence-corrected chi connectivity index (χ3v) is 4.91. The van der Waals surface area contributed by atoms with Crippen LogP contribution in [0.4, 0.5) is 4.79 Å². The number of thioether (sulfide) groups is 1. The molecule has 26 heavy (non-hydrogen) atoms. The number of carbonyl (C=O) groups excluding carboxylic acids is 1. The summed E-state index contributed by atoms with van der Waals surface area (Å²) < 4.78 is 3.19. The number of aliphatic carboxylic acids is 1. The normalized spacial score (nSPS) is 12.3. The molecule has 0 saturated heterocycles. The highest BCUT2D eigenvalue weighted by atomic mass is 32.2. The van der Waals surface area contributed by atoms with Gasteiger partial charge in [-0.2, -0.15) is 11.8 Å². The van der Waals surface area contributed by atoms with Gasteiger partial charge in [-0.3, -0.25) is 9.63 Å². The number of oxime groups is 1. The van der Waals surface area contributed by atoms with Crippen LogP contribution in [0.5, 0.6) is 0 Å². The molecule has 1 N–H and O–H groups in total. The average molecular weight is 400 g/mol. The fourth-order valence-electron chi connectivity index (χ4n) is 2.07. The third kappa shape index (κ3) is 8.59. The smallest absolute Gasteiger partial charge is 0.446 e. The minimum Gasteiger partial charge on any atom is -0.481 e. The van der Waals surface area contributed by atoms with Crippen molar-refractivity contribution < 1.29 is 19.5 Å². The highest BCUT2D eigenvalue weighted by molar-refractivity contribution is 7.99. The molecule has 9 heteroatoms. The topological polar surface area (TPSA) is 82.4 Å². The molecule has 0 bridgehead atoms. The monoisotopic (exact) mass is 399 g/mol. The number of hydrogen-bond donors (Lipinski definition) is 1. The number of nitrogens with zero attached hydrogens (tertiary/aromatic N) is 3. The zero-order chi connectivity index (χ0) is 19.4. The number of carboxylic acid groups (broad SMARTS) is 1. The molecular formula is C17H25N3O4S2. The van der Waals surface area contributed by atoms with Crippen LogP contribution in [0.3, 0.4) is 0 Å². The number of benzene rings is 1. The first-order valence-corrected chi connectivity index (χ1v) is 10.3. The van der Waals surface area contributed by atoms with Crippen LogP contribution in [0.1, 0.15) is 25.3 Å². The van der Waals surface area contributed by atoms with Crippen molar-refractivity contribution in [2.45, 2.75) is 32.4 Å². The number of hydrogen-bond acceptors (Lipinski definition) is 7. The number of carboxylic acids is 1. The summed E-state index contributed by atoms with van der Waals surface area (Å²) in [5, 5.41) is 12.8. The zero-order valence-corrected chi connectivity index (χ0v) is 16.8. The van der Waals surface area contributed by atoms with Crippen molar-refractivity contribution in [3.8, 4) is 0 Å². The van der Waals surface area contributed by atoms with Crippen LogP contribution in [0.15, 0.2) is 35.5 Å². The maximum absolute atomic E-state index is 12.0. The summed E-state index contributed by atoms with van der Waals surface area (Å²) in [6, 6.07) is 9.47. The van der Waals surface area contributed by atoms with Gasteiger partial charge < -0.3 is 5.11 Å². The van der Waals surface area contributed by atoms with Gasteiger partial charge in [0, 0.05) is 37.5 Å². The first-order valence-electron chi connectivity index (χ1n) is 8.13. The van der Waals surface area contributed by atoms with Crippen molar-refractivity contribution in [2.75, 3.05) is 19.1 Å². The molecule has 0 radical (unpaired) electrons. The van der Waals surface area contributed by atoms with E-state index in [-0.39, 0.29) is 12.5 Å². The van der Waals surface area contributed by atoms with Gasteiger partial charge in [-0.1, -0.05) is 42.4 Å². The molecule has 1 rings (SSSR count). The lowest BCUT2D eigenvalue weighted by molar-refractivity contribution is -0.138. The molecular weight excluding hydrogens is 374 g/mol. The Bertz CT molecular complexity index is 587. The van der Waals surface area contributed by atoms with Crippen LogP contribution in [-0.2, 0) is 16.2 Å². The molecule has 0 aliphatic carbocycles. The Labute approximate surface area is 163 Å². The summed E-state index contributed by atoms with van der Waals surface area (Å²) in [6.45, 7) is 2.43. The van der Waals surface area contributed by atoms with E-state index in [0.29, 0.717) is 18.7 Å². The van der Waals surface area contributed by atoms with Gasteiger partial charge in [0.2, 0.25) is 0 Å². The van der Waals surface area contributed by atoms with Gasteiger partial charge >= 0.3 is 12.1 Å². The van der Waals surface area contributed by atoms with E-state index in [0.717, 1.165) is 17.7 Å². The van der Waals surface area contributed by atoms with Crippen molar-refractivity contribution in [1.82, 2.24) is 8.61 Å². The second-order valence-corrected chi connectivity index (χ2v) is 7.49. The highest BCUT2D eigenvalue weighted by Crippen LogP contribution is 2.25. The first kappa shape index (κ1) is 22.3. The Hall–Kier alpha value is -1.71. The second-order valence-electron chi connectivity index (χ2n) is 5.40. The van der Waals surface area contributed by atoms with Crippen LogP contribution in [-0.4, -0.2) is 57.1 Å². The summed E-state index contributed by atoms with van der Waals surface area (Å²) in [6.07, 6.45) is 3.45. The fourth-order valence-corrected chi connectivity index (χ4v) is 3.26. The van der Waals surface area contributed by atoms with E-state index in [4.69, 9.17) is 4.84 Å². The van der Waals surface area contributed by atoms with E-state index in [1.807, 2.05) is 47.8 Å². The van der Waals surface area contributed by atoms with Crippen LogP contribution < -0.4 is 0 Å². The average Bonchev–Trinajstić information content (AvgIpc) is 2.63.